The van der Waals surface area contributed by atoms with Crippen molar-refractivity contribution in [2.75, 3.05) is 10.8 Å². The lowest BCUT2D eigenvalue weighted by Gasteiger charge is -2.23. The first kappa shape index (κ1) is 20.0. The molecule has 0 N–H and O–H groups in total. The quantitative estimate of drug-likeness (QED) is 0.471. The van der Waals surface area contributed by atoms with Gasteiger partial charge in [0.05, 0.1) is 17.1 Å². The summed E-state index contributed by atoms with van der Waals surface area (Å²) in [5.41, 5.74) is 1.59. The van der Waals surface area contributed by atoms with E-state index < -0.39 is 10.0 Å². The van der Waals surface area contributed by atoms with Crippen LogP contribution in [0.2, 0.25) is 5.02 Å². The molecule has 0 saturated carbocycles. The molecule has 144 valence electrons. The maximum Gasteiger partial charge on any atom is 0.264 e. The molecule has 0 saturated heterocycles. The van der Waals surface area contributed by atoms with Crippen LogP contribution in [0.25, 0.3) is 0 Å². The zero-order valence-corrected chi connectivity index (χ0v) is 16.7. The van der Waals surface area contributed by atoms with Gasteiger partial charge in [0, 0.05) is 5.02 Å². The van der Waals surface area contributed by atoms with E-state index in [4.69, 9.17) is 16.3 Å². The van der Waals surface area contributed by atoms with Gasteiger partial charge in [0.1, 0.15) is 12.4 Å². The van der Waals surface area contributed by atoms with Gasteiger partial charge < -0.3 is 4.74 Å². The highest BCUT2D eigenvalue weighted by Crippen LogP contribution is 2.27. The number of nitrogens with zero attached hydrogens (tertiary/aromatic N) is 1. The van der Waals surface area contributed by atoms with Crippen molar-refractivity contribution in [1.82, 2.24) is 0 Å². The van der Waals surface area contributed by atoms with Crippen LogP contribution in [0, 0.1) is 0 Å². The van der Waals surface area contributed by atoms with Crippen LogP contribution in [-0.2, 0) is 16.6 Å². The molecular formula is C22H20ClNO3S. The van der Waals surface area contributed by atoms with Crippen LogP contribution >= 0.6 is 11.6 Å². The van der Waals surface area contributed by atoms with E-state index in [0.29, 0.717) is 23.1 Å². The Balaban J connectivity index is 1.80. The molecule has 0 amide bonds. The molecule has 0 aromatic heterocycles. The molecule has 0 aliphatic carbocycles. The fourth-order valence-corrected chi connectivity index (χ4v) is 4.20. The monoisotopic (exact) mass is 413 g/mol. The highest BCUT2D eigenvalue weighted by molar-refractivity contribution is 7.92. The van der Waals surface area contributed by atoms with E-state index in [1.54, 1.807) is 42.5 Å². The summed E-state index contributed by atoms with van der Waals surface area (Å²) in [5, 5.41) is 0.481. The highest BCUT2D eigenvalue weighted by atomic mass is 35.5. The summed E-state index contributed by atoms with van der Waals surface area (Å²) in [5.74, 6) is 0.662. The first-order valence-electron chi connectivity index (χ1n) is 8.67. The molecule has 3 rings (SSSR count). The maximum atomic E-state index is 13.0. The minimum absolute atomic E-state index is 0.148. The van der Waals surface area contributed by atoms with Crippen molar-refractivity contribution in [2.45, 2.75) is 11.5 Å². The number of hydrogen-bond donors (Lipinski definition) is 0. The van der Waals surface area contributed by atoms with E-state index in [1.165, 1.54) is 16.4 Å². The fourth-order valence-electron chi connectivity index (χ4n) is 2.64. The number of benzene rings is 3. The largest absolute Gasteiger partial charge is 0.489 e. The van der Waals surface area contributed by atoms with E-state index in [1.807, 2.05) is 30.3 Å². The third-order valence-corrected chi connectivity index (χ3v) is 6.13. The van der Waals surface area contributed by atoms with Crippen molar-refractivity contribution in [3.63, 3.8) is 0 Å². The molecule has 0 atom stereocenters. The molecule has 0 spiro atoms. The Labute approximate surface area is 170 Å². The smallest absolute Gasteiger partial charge is 0.264 e. The van der Waals surface area contributed by atoms with Gasteiger partial charge in [-0.25, -0.2) is 8.42 Å². The molecular weight excluding hydrogens is 394 g/mol. The summed E-state index contributed by atoms with van der Waals surface area (Å²) in [7, 11) is -3.74. The number of halogens is 1. The van der Waals surface area contributed by atoms with Gasteiger partial charge in [-0.3, -0.25) is 4.31 Å². The Kier molecular flexibility index (Phi) is 6.39. The molecule has 3 aromatic rings. The van der Waals surface area contributed by atoms with Gasteiger partial charge in [0.2, 0.25) is 0 Å². The summed E-state index contributed by atoms with van der Waals surface area (Å²) < 4.78 is 33.1. The van der Waals surface area contributed by atoms with Gasteiger partial charge in [-0.15, -0.1) is 6.58 Å². The molecule has 0 unspecified atom stereocenters. The molecule has 0 aliphatic heterocycles. The van der Waals surface area contributed by atoms with E-state index in [2.05, 4.69) is 6.58 Å². The zero-order chi connectivity index (χ0) is 20.0. The lowest BCUT2D eigenvalue weighted by molar-refractivity contribution is 0.306. The summed E-state index contributed by atoms with van der Waals surface area (Å²) >= 11 is 5.87. The van der Waals surface area contributed by atoms with Crippen LogP contribution in [-0.4, -0.2) is 15.0 Å². The van der Waals surface area contributed by atoms with Crippen molar-refractivity contribution in [3.8, 4) is 5.75 Å². The van der Waals surface area contributed by atoms with Gasteiger partial charge in [0.25, 0.3) is 10.0 Å². The van der Waals surface area contributed by atoms with Gasteiger partial charge in [-0.05, 0) is 54.1 Å². The summed E-state index contributed by atoms with van der Waals surface area (Å²) in [6, 6.07) is 22.9. The van der Waals surface area contributed by atoms with Gasteiger partial charge in [-0.2, -0.15) is 0 Å². The van der Waals surface area contributed by atoms with Crippen molar-refractivity contribution in [1.29, 1.82) is 0 Å². The minimum atomic E-state index is -3.74. The number of rotatable bonds is 8. The Morgan fingerprint density at radius 2 is 1.57 bits per heavy atom. The second-order valence-corrected chi connectivity index (χ2v) is 8.35. The lowest BCUT2D eigenvalue weighted by atomic mass is 10.2. The molecule has 4 nitrogen and oxygen atoms in total. The molecule has 0 radical (unpaired) electrons. The third kappa shape index (κ3) is 4.74. The Morgan fingerprint density at radius 3 is 2.18 bits per heavy atom. The normalized spacial score (nSPS) is 11.0. The van der Waals surface area contributed by atoms with Crippen LogP contribution in [0.15, 0.2) is 96.4 Å². The average molecular weight is 414 g/mol. The van der Waals surface area contributed by atoms with Crippen molar-refractivity contribution < 1.29 is 13.2 Å². The zero-order valence-electron chi connectivity index (χ0n) is 15.2. The van der Waals surface area contributed by atoms with Crippen LogP contribution in [0.4, 0.5) is 5.69 Å². The molecule has 0 bridgehead atoms. The van der Waals surface area contributed by atoms with E-state index >= 15 is 0 Å². The first-order chi connectivity index (χ1) is 13.5. The number of ether oxygens (including phenoxy) is 1. The molecule has 0 aliphatic rings. The van der Waals surface area contributed by atoms with Crippen LogP contribution in [0.3, 0.4) is 0 Å². The number of sulfonamides is 1. The average Bonchev–Trinajstić information content (AvgIpc) is 2.72. The van der Waals surface area contributed by atoms with Gasteiger partial charge >= 0.3 is 0 Å². The topological polar surface area (TPSA) is 46.6 Å². The van der Waals surface area contributed by atoms with Crippen molar-refractivity contribution in [3.05, 3.63) is 102 Å². The molecule has 6 heteroatoms. The second kappa shape index (κ2) is 8.95. The molecule has 3 aromatic carbocycles. The second-order valence-electron chi connectivity index (χ2n) is 6.05. The minimum Gasteiger partial charge on any atom is -0.489 e. The first-order valence-corrected chi connectivity index (χ1v) is 10.5. The van der Waals surface area contributed by atoms with E-state index in [9.17, 15) is 8.42 Å². The van der Waals surface area contributed by atoms with E-state index in [-0.39, 0.29) is 11.4 Å². The van der Waals surface area contributed by atoms with Crippen LogP contribution in [0.5, 0.6) is 5.75 Å². The molecule has 0 fully saturated rings. The number of anilines is 1. The molecule has 0 heterocycles. The summed E-state index contributed by atoms with van der Waals surface area (Å²) in [6.07, 6.45) is 1.55. The van der Waals surface area contributed by atoms with Crippen LogP contribution in [0.1, 0.15) is 5.56 Å². The Hall–Kier alpha value is -2.76. The highest BCUT2D eigenvalue weighted by Gasteiger charge is 2.24. The van der Waals surface area contributed by atoms with Crippen LogP contribution < -0.4 is 9.04 Å². The van der Waals surface area contributed by atoms with Gasteiger partial charge in [0.15, 0.2) is 0 Å². The standard InChI is InChI=1S/C22H20ClNO3S/c1-2-16-24(28(25,26)22-14-8-19(23)9-15-22)20-10-12-21(13-11-20)27-17-18-6-4-3-5-7-18/h2-15H,1,16-17H2. The van der Waals surface area contributed by atoms with Gasteiger partial charge in [-0.1, -0.05) is 48.0 Å². The van der Waals surface area contributed by atoms with Crippen molar-refractivity contribution in [2.24, 2.45) is 0 Å². The summed E-state index contributed by atoms with van der Waals surface area (Å²) in [4.78, 5) is 0.170. The summed E-state index contributed by atoms with van der Waals surface area (Å²) in [6.45, 7) is 4.27. The fraction of sp³-hybridized carbons (Fsp3) is 0.0909. The number of hydrogen-bond acceptors (Lipinski definition) is 3. The predicted octanol–water partition coefficient (Wildman–Crippen LogP) is 5.30. The predicted molar refractivity (Wildman–Crippen MR) is 113 cm³/mol. The maximum absolute atomic E-state index is 13.0. The molecule has 28 heavy (non-hydrogen) atoms. The third-order valence-electron chi connectivity index (χ3n) is 4.07. The Morgan fingerprint density at radius 1 is 0.929 bits per heavy atom. The lowest BCUT2D eigenvalue weighted by Crippen LogP contribution is -2.31. The van der Waals surface area contributed by atoms with E-state index in [0.717, 1.165) is 5.56 Å². The van der Waals surface area contributed by atoms with Crippen molar-refractivity contribution >= 4 is 27.3 Å². The SMILES string of the molecule is C=CCN(c1ccc(OCc2ccccc2)cc1)S(=O)(=O)c1ccc(Cl)cc1. The Bertz CT molecular complexity index is 1020.